The van der Waals surface area contributed by atoms with Crippen LogP contribution in [0, 0.1) is 5.92 Å². The van der Waals surface area contributed by atoms with Crippen LogP contribution in [0.2, 0.25) is 0 Å². The molecule has 1 fully saturated rings. The minimum absolute atomic E-state index is 0.0542. The average Bonchev–Trinajstić information content (AvgIpc) is 3.38. The van der Waals surface area contributed by atoms with Gasteiger partial charge in [-0.2, -0.15) is 12.6 Å². The third kappa shape index (κ3) is 3.93. The lowest BCUT2D eigenvalue weighted by Crippen LogP contribution is -2.43. The molecular weight excluding hydrogens is 346 g/mol. The molecule has 1 aliphatic carbocycles. The molecule has 0 aliphatic heterocycles. The second-order valence-corrected chi connectivity index (χ2v) is 7.86. The molecule has 0 bridgehead atoms. The van der Waals surface area contributed by atoms with Gasteiger partial charge in [0.15, 0.2) is 6.04 Å². The van der Waals surface area contributed by atoms with Gasteiger partial charge in [0.1, 0.15) is 0 Å². The van der Waals surface area contributed by atoms with E-state index in [1.165, 1.54) is 0 Å². The second kappa shape index (κ2) is 7.54. The second-order valence-electron chi connectivity index (χ2n) is 6.97. The summed E-state index contributed by atoms with van der Waals surface area (Å²) >= 11 is 4.74. The molecule has 3 atom stereocenters. The van der Waals surface area contributed by atoms with Gasteiger partial charge in [-0.05, 0) is 29.9 Å². The number of aliphatic carboxylic acids is 1. The number of carbonyl (C=O) groups is 2. The molecule has 0 heterocycles. The fourth-order valence-electron chi connectivity index (χ4n) is 3.49. The van der Waals surface area contributed by atoms with E-state index in [9.17, 15) is 14.7 Å². The highest BCUT2D eigenvalue weighted by molar-refractivity contribution is 7.82. The zero-order chi connectivity index (χ0) is 18.7. The van der Waals surface area contributed by atoms with Gasteiger partial charge in [0.25, 0.3) is 0 Å². The Morgan fingerprint density at radius 3 is 1.96 bits per heavy atom. The molecular formula is C21H23NO3S. The summed E-state index contributed by atoms with van der Waals surface area (Å²) in [7, 11) is 0. The predicted molar refractivity (Wildman–Crippen MR) is 104 cm³/mol. The fraction of sp³-hybridized carbons (Fsp3) is 0.333. The van der Waals surface area contributed by atoms with Gasteiger partial charge >= 0.3 is 5.97 Å². The van der Waals surface area contributed by atoms with Crippen LogP contribution >= 0.6 is 12.6 Å². The van der Waals surface area contributed by atoms with Crippen LogP contribution in [0.5, 0.6) is 0 Å². The highest BCUT2D eigenvalue weighted by atomic mass is 32.1. The number of rotatable bonds is 7. The van der Waals surface area contributed by atoms with Gasteiger partial charge in [0.2, 0.25) is 5.91 Å². The van der Waals surface area contributed by atoms with Crippen molar-refractivity contribution in [2.45, 2.75) is 36.5 Å². The first-order valence-corrected chi connectivity index (χ1v) is 9.22. The lowest BCUT2D eigenvalue weighted by Gasteiger charge is -2.30. The lowest BCUT2D eigenvalue weighted by molar-refractivity contribution is -0.142. The summed E-state index contributed by atoms with van der Waals surface area (Å²) in [5, 5.41) is 12.3. The van der Waals surface area contributed by atoms with Crippen LogP contribution in [-0.2, 0) is 9.59 Å². The third-order valence-electron chi connectivity index (χ3n) is 5.12. The van der Waals surface area contributed by atoms with E-state index in [0.717, 1.165) is 18.4 Å². The summed E-state index contributed by atoms with van der Waals surface area (Å²) in [5.41, 5.74) is 1.61. The maximum absolute atomic E-state index is 13.1. The molecule has 4 nitrogen and oxygen atoms in total. The Morgan fingerprint density at radius 1 is 1.00 bits per heavy atom. The van der Waals surface area contributed by atoms with Crippen molar-refractivity contribution in [1.82, 2.24) is 5.32 Å². The van der Waals surface area contributed by atoms with Gasteiger partial charge in [0, 0.05) is 4.75 Å². The molecule has 1 amide bonds. The quantitative estimate of drug-likeness (QED) is 0.650. The van der Waals surface area contributed by atoms with E-state index in [1.54, 1.807) is 24.3 Å². The summed E-state index contributed by atoms with van der Waals surface area (Å²) in [4.78, 5) is 24.8. The first-order valence-electron chi connectivity index (χ1n) is 8.78. The van der Waals surface area contributed by atoms with Gasteiger partial charge < -0.3 is 10.4 Å². The predicted octanol–water partition coefficient (Wildman–Crippen LogP) is 3.81. The van der Waals surface area contributed by atoms with Gasteiger partial charge in [-0.15, -0.1) is 0 Å². The van der Waals surface area contributed by atoms with Crippen molar-refractivity contribution in [3.05, 3.63) is 71.8 Å². The van der Waals surface area contributed by atoms with E-state index < -0.39 is 17.9 Å². The van der Waals surface area contributed by atoms with E-state index in [1.807, 2.05) is 43.3 Å². The molecule has 5 heteroatoms. The summed E-state index contributed by atoms with van der Waals surface area (Å²) in [5.74, 6) is -1.77. The number of carbonyl (C=O) groups excluding carboxylic acids is 1. The molecule has 0 aromatic heterocycles. The van der Waals surface area contributed by atoms with Crippen molar-refractivity contribution in [3.8, 4) is 0 Å². The topological polar surface area (TPSA) is 66.4 Å². The molecule has 2 aromatic rings. The van der Waals surface area contributed by atoms with Crippen LogP contribution in [0.15, 0.2) is 60.7 Å². The SMILES string of the molecule is CC(c1ccccc1)C(C(=O)N[C@@H](C(=O)O)c1ccccc1)C1(S)CC1. The van der Waals surface area contributed by atoms with E-state index in [2.05, 4.69) is 5.32 Å². The van der Waals surface area contributed by atoms with E-state index in [-0.39, 0.29) is 16.6 Å². The van der Waals surface area contributed by atoms with Crippen molar-refractivity contribution < 1.29 is 14.7 Å². The standard InChI is InChI=1S/C21H23NO3S/c1-14(15-8-4-2-5-9-15)17(21(26)12-13-21)19(23)22-18(20(24)25)16-10-6-3-7-11-16/h2-11,14,17-18,26H,12-13H2,1H3,(H,22,23)(H,24,25)/t14?,17?,18-/m1/s1. The number of thiol groups is 1. The molecule has 3 rings (SSSR count). The number of hydrogen-bond donors (Lipinski definition) is 3. The van der Waals surface area contributed by atoms with Crippen LogP contribution in [0.4, 0.5) is 0 Å². The van der Waals surface area contributed by atoms with Crippen molar-refractivity contribution in [2.24, 2.45) is 5.92 Å². The van der Waals surface area contributed by atoms with Crippen LogP contribution < -0.4 is 5.32 Å². The van der Waals surface area contributed by atoms with Gasteiger partial charge in [-0.25, -0.2) is 4.79 Å². The number of amides is 1. The Balaban J connectivity index is 1.85. The van der Waals surface area contributed by atoms with Crippen molar-refractivity contribution in [2.75, 3.05) is 0 Å². The maximum atomic E-state index is 13.1. The number of carboxylic acids is 1. The number of benzene rings is 2. The van der Waals surface area contributed by atoms with Crippen molar-refractivity contribution in [3.63, 3.8) is 0 Å². The maximum Gasteiger partial charge on any atom is 0.330 e. The summed E-state index contributed by atoms with van der Waals surface area (Å²) in [6, 6.07) is 17.5. The summed E-state index contributed by atoms with van der Waals surface area (Å²) in [6.07, 6.45) is 1.71. The molecule has 0 radical (unpaired) electrons. The molecule has 0 saturated heterocycles. The highest BCUT2D eigenvalue weighted by Gasteiger charge is 2.52. The number of carboxylic acid groups (broad SMARTS) is 1. The Kier molecular flexibility index (Phi) is 5.37. The van der Waals surface area contributed by atoms with E-state index in [4.69, 9.17) is 12.6 Å². The van der Waals surface area contributed by atoms with Gasteiger partial charge in [-0.3, -0.25) is 4.79 Å². The van der Waals surface area contributed by atoms with Crippen LogP contribution in [0.1, 0.15) is 42.9 Å². The fourth-order valence-corrected chi connectivity index (χ4v) is 3.94. The summed E-state index contributed by atoms with van der Waals surface area (Å²) < 4.78 is -0.376. The molecule has 0 spiro atoms. The Hall–Kier alpha value is -2.27. The molecule has 2 unspecified atom stereocenters. The van der Waals surface area contributed by atoms with Crippen molar-refractivity contribution >= 4 is 24.5 Å². The largest absolute Gasteiger partial charge is 0.479 e. The lowest BCUT2D eigenvalue weighted by atomic mass is 9.82. The first-order chi connectivity index (χ1) is 12.4. The minimum atomic E-state index is -1.07. The monoisotopic (exact) mass is 369 g/mol. The van der Waals surface area contributed by atoms with Gasteiger partial charge in [0.05, 0.1) is 5.92 Å². The zero-order valence-corrected chi connectivity index (χ0v) is 15.5. The van der Waals surface area contributed by atoms with Crippen LogP contribution in [-0.4, -0.2) is 21.7 Å². The number of nitrogens with one attached hydrogen (secondary N) is 1. The Bertz CT molecular complexity index is 774. The smallest absolute Gasteiger partial charge is 0.330 e. The average molecular weight is 369 g/mol. The molecule has 26 heavy (non-hydrogen) atoms. The highest BCUT2D eigenvalue weighted by Crippen LogP contribution is 2.53. The minimum Gasteiger partial charge on any atom is -0.479 e. The van der Waals surface area contributed by atoms with Gasteiger partial charge in [-0.1, -0.05) is 67.6 Å². The molecule has 136 valence electrons. The first kappa shape index (κ1) is 18.5. The molecule has 2 N–H and O–H groups in total. The zero-order valence-electron chi connectivity index (χ0n) is 14.6. The van der Waals surface area contributed by atoms with Crippen molar-refractivity contribution in [1.29, 1.82) is 0 Å². The Morgan fingerprint density at radius 2 is 1.50 bits per heavy atom. The number of hydrogen-bond acceptors (Lipinski definition) is 3. The van der Waals surface area contributed by atoms with Crippen LogP contribution in [0.3, 0.4) is 0 Å². The summed E-state index contributed by atoms with van der Waals surface area (Å²) in [6.45, 7) is 2.01. The van der Waals surface area contributed by atoms with E-state index in [0.29, 0.717) is 5.56 Å². The molecule has 2 aromatic carbocycles. The normalized spacial score (nSPS) is 18.4. The van der Waals surface area contributed by atoms with E-state index >= 15 is 0 Å². The Labute approximate surface area is 159 Å². The molecule has 1 saturated carbocycles. The molecule has 1 aliphatic rings. The third-order valence-corrected chi connectivity index (χ3v) is 5.84. The van der Waals surface area contributed by atoms with Crippen LogP contribution in [0.25, 0.3) is 0 Å².